The van der Waals surface area contributed by atoms with Gasteiger partial charge < -0.3 is 5.53 Å². The van der Waals surface area contributed by atoms with E-state index in [0.717, 1.165) is 6.21 Å². The summed E-state index contributed by atoms with van der Waals surface area (Å²) in [5, 5.41) is 0. The highest BCUT2D eigenvalue weighted by Crippen LogP contribution is 1.98. The number of carbonyl (C=O) groups is 1. The molecule has 4 heteroatoms. The monoisotopic (exact) mass is 109 g/mol. The molecule has 1 atom stereocenters. The topological polar surface area (TPSA) is 65.8 Å². The second-order valence-electron chi connectivity index (χ2n) is 1.39. The summed E-state index contributed by atoms with van der Waals surface area (Å²) in [7, 11) is 0. The highest BCUT2D eigenvalue weighted by molar-refractivity contribution is 6.34. The van der Waals surface area contributed by atoms with E-state index in [2.05, 4.69) is 9.78 Å². The molecule has 0 aromatic rings. The lowest BCUT2D eigenvalue weighted by atomic mass is 10.3. The van der Waals surface area contributed by atoms with Crippen molar-refractivity contribution >= 4 is 18.2 Å². The summed E-state index contributed by atoms with van der Waals surface area (Å²) in [6, 6.07) is -0.328. The number of hydrogen-bond donors (Lipinski definition) is 0. The van der Waals surface area contributed by atoms with Crippen LogP contribution in [0.4, 0.5) is 0 Å². The Hall–Kier alpha value is -1.28. The maximum Gasteiger partial charge on any atom is 0.325 e. The minimum Gasteiger partial charge on any atom is -0.361 e. The van der Waals surface area contributed by atoms with Gasteiger partial charge in [0.1, 0.15) is 0 Å². The molecule has 1 rings (SSSR count). The van der Waals surface area contributed by atoms with Crippen LogP contribution in [0.2, 0.25) is 0 Å². The molecule has 0 aliphatic carbocycles. The quantitative estimate of drug-likeness (QED) is 0.263. The van der Waals surface area contributed by atoms with Crippen molar-refractivity contribution in [2.24, 2.45) is 4.99 Å². The average molecular weight is 109 g/mol. The Bertz CT molecular complexity index is 183. The van der Waals surface area contributed by atoms with Crippen molar-refractivity contribution in [3.05, 3.63) is 5.53 Å². The Morgan fingerprint density at radius 1 is 2.00 bits per heavy atom. The van der Waals surface area contributed by atoms with Crippen molar-refractivity contribution in [1.82, 2.24) is 0 Å². The number of ketones is 1. The van der Waals surface area contributed by atoms with E-state index >= 15 is 0 Å². The molecule has 0 aromatic carbocycles. The van der Waals surface area contributed by atoms with Gasteiger partial charge in [0.2, 0.25) is 0 Å². The molecule has 0 bridgehead atoms. The van der Waals surface area contributed by atoms with Gasteiger partial charge in [0.05, 0.1) is 0 Å². The summed E-state index contributed by atoms with van der Waals surface area (Å²) in [6.07, 6.45) is 2.34. The first-order valence-corrected chi connectivity index (χ1v) is 2.09. The summed E-state index contributed by atoms with van der Waals surface area (Å²) >= 11 is 0. The predicted molar refractivity (Wildman–Crippen MR) is 27.0 cm³/mol. The zero-order chi connectivity index (χ0) is 5.98. The third-order valence-corrected chi connectivity index (χ3v) is 0.775. The van der Waals surface area contributed by atoms with E-state index in [4.69, 9.17) is 5.53 Å². The summed E-state index contributed by atoms with van der Waals surface area (Å²) in [4.78, 5) is 16.5. The molecule has 0 spiro atoms. The summed E-state index contributed by atoms with van der Waals surface area (Å²) in [6.45, 7) is 0. The SMILES string of the molecule is [N-]=[N+]=CC(=O)C1C=N1. The Morgan fingerprint density at radius 2 is 2.62 bits per heavy atom. The van der Waals surface area contributed by atoms with Crippen LogP contribution >= 0.6 is 0 Å². The highest BCUT2D eigenvalue weighted by atomic mass is 16.1. The van der Waals surface area contributed by atoms with Crippen LogP contribution in [-0.4, -0.2) is 29.0 Å². The number of aliphatic imine (C=N–C) groups is 1. The molecule has 0 aromatic heterocycles. The van der Waals surface area contributed by atoms with Gasteiger partial charge in [0.15, 0.2) is 6.04 Å². The van der Waals surface area contributed by atoms with Gasteiger partial charge in [0.25, 0.3) is 5.78 Å². The van der Waals surface area contributed by atoms with Crippen LogP contribution in [0.15, 0.2) is 4.99 Å². The van der Waals surface area contributed by atoms with E-state index in [-0.39, 0.29) is 11.8 Å². The molecule has 1 aliphatic heterocycles. The van der Waals surface area contributed by atoms with Crippen LogP contribution in [0.3, 0.4) is 0 Å². The van der Waals surface area contributed by atoms with Crippen LogP contribution in [0.25, 0.3) is 5.53 Å². The molecule has 0 radical (unpaired) electrons. The van der Waals surface area contributed by atoms with E-state index < -0.39 is 0 Å². The Balaban J connectivity index is 2.46. The van der Waals surface area contributed by atoms with Crippen molar-refractivity contribution in [3.8, 4) is 0 Å². The largest absolute Gasteiger partial charge is 0.361 e. The lowest BCUT2D eigenvalue weighted by molar-refractivity contribution is -0.115. The van der Waals surface area contributed by atoms with Gasteiger partial charge in [0, 0.05) is 6.21 Å². The van der Waals surface area contributed by atoms with Crippen LogP contribution in [0, 0.1) is 0 Å². The molecular weight excluding hydrogens is 106 g/mol. The van der Waals surface area contributed by atoms with E-state index in [1.807, 2.05) is 0 Å². The zero-order valence-corrected chi connectivity index (χ0v) is 3.98. The Morgan fingerprint density at radius 3 is 3.00 bits per heavy atom. The molecule has 1 heterocycles. The van der Waals surface area contributed by atoms with E-state index in [1.54, 1.807) is 0 Å². The molecule has 1 aliphatic rings. The molecule has 8 heavy (non-hydrogen) atoms. The van der Waals surface area contributed by atoms with Gasteiger partial charge in [-0.15, -0.1) is 0 Å². The second kappa shape index (κ2) is 1.68. The summed E-state index contributed by atoms with van der Waals surface area (Å²) in [5.74, 6) is -0.271. The fraction of sp³-hybridized carbons (Fsp3) is 0.250. The van der Waals surface area contributed by atoms with Gasteiger partial charge in [-0.3, -0.25) is 9.79 Å². The maximum atomic E-state index is 10.4. The van der Waals surface area contributed by atoms with Gasteiger partial charge in [-0.1, -0.05) is 0 Å². The minimum absolute atomic E-state index is 0.271. The van der Waals surface area contributed by atoms with Crippen molar-refractivity contribution in [2.75, 3.05) is 0 Å². The van der Waals surface area contributed by atoms with E-state index in [1.165, 1.54) is 6.21 Å². The molecule has 0 fully saturated rings. The molecule has 0 saturated carbocycles. The predicted octanol–water partition coefficient (Wildman–Crippen LogP) is -0.691. The number of nitrogens with zero attached hydrogens (tertiary/aromatic N) is 3. The Kier molecular flexibility index (Phi) is 1.02. The van der Waals surface area contributed by atoms with Crippen LogP contribution in [0.1, 0.15) is 0 Å². The third kappa shape index (κ3) is 0.859. The zero-order valence-electron chi connectivity index (χ0n) is 3.98. The Labute approximate surface area is 45.5 Å². The first kappa shape index (κ1) is 4.87. The normalized spacial score (nSPS) is 21.8. The van der Waals surface area contributed by atoms with Gasteiger partial charge in [-0.2, -0.15) is 4.79 Å². The standard InChI is InChI=1S/C4H3N3O/c5-7-2-4(8)3-1-6-3/h1-3H. The second-order valence-corrected chi connectivity index (χ2v) is 1.39. The molecule has 4 nitrogen and oxygen atoms in total. The first-order chi connectivity index (χ1) is 3.84. The maximum absolute atomic E-state index is 10.4. The smallest absolute Gasteiger partial charge is 0.325 e. The lowest BCUT2D eigenvalue weighted by Crippen LogP contribution is -2.09. The number of rotatable bonds is 2. The highest BCUT2D eigenvalue weighted by Gasteiger charge is 2.23. The molecule has 1 unspecified atom stereocenters. The molecular formula is C4H3N3O. The molecule has 0 saturated heterocycles. The molecule has 0 amide bonds. The molecule has 0 N–H and O–H groups in total. The minimum atomic E-state index is -0.328. The van der Waals surface area contributed by atoms with Crippen LogP contribution < -0.4 is 0 Å². The number of carbonyl (C=O) groups excluding carboxylic acids is 1. The van der Waals surface area contributed by atoms with Crippen molar-refractivity contribution in [3.63, 3.8) is 0 Å². The first-order valence-electron chi connectivity index (χ1n) is 2.09. The fourth-order valence-electron chi connectivity index (χ4n) is 0.323. The van der Waals surface area contributed by atoms with Gasteiger partial charge >= 0.3 is 6.21 Å². The molecule has 40 valence electrons. The van der Waals surface area contributed by atoms with Crippen LogP contribution in [0.5, 0.6) is 0 Å². The average Bonchev–Trinajstić information content (AvgIpc) is 2.45. The van der Waals surface area contributed by atoms with Crippen molar-refractivity contribution < 1.29 is 9.58 Å². The van der Waals surface area contributed by atoms with E-state index in [0.29, 0.717) is 0 Å². The van der Waals surface area contributed by atoms with Crippen molar-refractivity contribution in [1.29, 1.82) is 0 Å². The summed E-state index contributed by atoms with van der Waals surface area (Å²) in [5.41, 5.74) is 7.81. The van der Waals surface area contributed by atoms with Crippen LogP contribution in [-0.2, 0) is 4.79 Å². The van der Waals surface area contributed by atoms with Gasteiger partial charge in [-0.05, 0) is 0 Å². The summed E-state index contributed by atoms with van der Waals surface area (Å²) < 4.78 is 0. The number of Topliss-reactive ketones (excluding diaryl/α,β-unsaturated/α-hetero) is 1. The third-order valence-electron chi connectivity index (χ3n) is 0.775. The van der Waals surface area contributed by atoms with Gasteiger partial charge in [-0.25, -0.2) is 0 Å². The van der Waals surface area contributed by atoms with Crippen molar-refractivity contribution in [2.45, 2.75) is 6.04 Å². The van der Waals surface area contributed by atoms with E-state index in [9.17, 15) is 4.79 Å². The fourth-order valence-corrected chi connectivity index (χ4v) is 0.323. The number of hydrogen-bond acceptors (Lipinski definition) is 2. The lowest BCUT2D eigenvalue weighted by Gasteiger charge is -1.71.